The first-order chi connectivity index (χ1) is 13.0. The average molecular weight is 383 g/mol. The number of nitrogens with one attached hydrogen (secondary N) is 2. The van der Waals surface area contributed by atoms with E-state index in [0.717, 1.165) is 36.2 Å². The second-order valence-corrected chi connectivity index (χ2v) is 7.68. The van der Waals surface area contributed by atoms with Crippen LogP contribution in [-0.2, 0) is 0 Å². The van der Waals surface area contributed by atoms with Crippen molar-refractivity contribution in [1.82, 2.24) is 14.9 Å². The van der Waals surface area contributed by atoms with Crippen molar-refractivity contribution in [1.29, 1.82) is 0 Å². The number of fused-ring (bicyclic) bond motifs is 1. The van der Waals surface area contributed by atoms with Crippen LogP contribution in [0, 0.1) is 13.8 Å². The lowest BCUT2D eigenvalue weighted by Gasteiger charge is -2.32. The number of aromatic nitrogens is 2. The van der Waals surface area contributed by atoms with E-state index in [1.807, 2.05) is 23.1 Å². The van der Waals surface area contributed by atoms with Gasteiger partial charge in [0.25, 0.3) is 0 Å². The third-order valence-electron chi connectivity index (χ3n) is 5.33. The van der Waals surface area contributed by atoms with Crippen LogP contribution in [-0.4, -0.2) is 34.0 Å². The molecule has 0 bridgehead atoms. The third kappa shape index (κ3) is 3.65. The standard InChI is InChI=1S/C21H23ClN4O/c1-13-10-18-19(11-14(13)2)24-20(23-18)15-6-5-9-26(12-15)21(27)25-17-8-4-3-7-16(17)22/h3-4,7-8,10-11,15H,5-6,9,12H2,1-2H3,(H,23,24)(H,25,27)/t15-/m0/s1. The number of H-pyrrole nitrogens is 1. The summed E-state index contributed by atoms with van der Waals surface area (Å²) in [5.41, 5.74) is 5.18. The van der Waals surface area contributed by atoms with Crippen molar-refractivity contribution >= 4 is 34.4 Å². The summed E-state index contributed by atoms with van der Waals surface area (Å²) in [6.07, 6.45) is 1.98. The van der Waals surface area contributed by atoms with Crippen molar-refractivity contribution in [3.8, 4) is 0 Å². The highest BCUT2D eigenvalue weighted by molar-refractivity contribution is 6.33. The molecule has 0 spiro atoms. The number of amides is 2. The van der Waals surface area contributed by atoms with E-state index in [0.29, 0.717) is 17.3 Å². The lowest BCUT2D eigenvalue weighted by atomic mass is 9.97. The minimum atomic E-state index is -0.115. The maximum absolute atomic E-state index is 12.7. The number of likely N-dealkylation sites (tertiary alicyclic amines) is 1. The van der Waals surface area contributed by atoms with E-state index in [1.165, 1.54) is 11.1 Å². The molecule has 0 saturated carbocycles. The summed E-state index contributed by atoms with van der Waals surface area (Å²) in [6, 6.07) is 11.4. The fourth-order valence-corrected chi connectivity index (χ4v) is 3.81. The Balaban J connectivity index is 1.51. The van der Waals surface area contributed by atoms with E-state index in [4.69, 9.17) is 16.6 Å². The number of piperidine rings is 1. The van der Waals surface area contributed by atoms with E-state index in [-0.39, 0.29) is 11.9 Å². The number of rotatable bonds is 2. The summed E-state index contributed by atoms with van der Waals surface area (Å²) in [5, 5.41) is 3.46. The maximum atomic E-state index is 12.7. The van der Waals surface area contributed by atoms with Crippen molar-refractivity contribution in [2.24, 2.45) is 0 Å². The Morgan fingerprint density at radius 1 is 1.26 bits per heavy atom. The van der Waals surface area contributed by atoms with Gasteiger partial charge in [-0.3, -0.25) is 0 Å². The molecule has 2 N–H and O–H groups in total. The number of anilines is 1. The molecule has 1 aliphatic rings. The van der Waals surface area contributed by atoms with Crippen LogP contribution in [0.25, 0.3) is 11.0 Å². The second-order valence-electron chi connectivity index (χ2n) is 7.27. The molecule has 27 heavy (non-hydrogen) atoms. The highest BCUT2D eigenvalue weighted by Crippen LogP contribution is 2.28. The number of carbonyl (C=O) groups excluding carboxylic acids is 1. The Bertz CT molecular complexity index is 958. The number of carbonyl (C=O) groups is 1. The molecule has 2 aromatic carbocycles. The number of para-hydroxylation sites is 1. The van der Waals surface area contributed by atoms with E-state index in [9.17, 15) is 4.79 Å². The van der Waals surface area contributed by atoms with Crippen LogP contribution in [0.4, 0.5) is 10.5 Å². The van der Waals surface area contributed by atoms with Gasteiger partial charge >= 0.3 is 6.03 Å². The molecule has 2 heterocycles. The van der Waals surface area contributed by atoms with Crippen LogP contribution >= 0.6 is 11.6 Å². The van der Waals surface area contributed by atoms with Crippen molar-refractivity contribution in [2.75, 3.05) is 18.4 Å². The molecule has 0 unspecified atom stereocenters. The lowest BCUT2D eigenvalue weighted by molar-refractivity contribution is 0.191. The molecule has 5 nitrogen and oxygen atoms in total. The van der Waals surface area contributed by atoms with Gasteiger partial charge in [-0.1, -0.05) is 23.7 Å². The van der Waals surface area contributed by atoms with Gasteiger partial charge < -0.3 is 15.2 Å². The van der Waals surface area contributed by atoms with E-state index in [2.05, 4.69) is 36.3 Å². The van der Waals surface area contributed by atoms with Gasteiger partial charge in [-0.2, -0.15) is 0 Å². The lowest BCUT2D eigenvalue weighted by Crippen LogP contribution is -2.41. The molecule has 6 heteroatoms. The van der Waals surface area contributed by atoms with Crippen LogP contribution in [0.3, 0.4) is 0 Å². The minimum Gasteiger partial charge on any atom is -0.342 e. The zero-order valence-corrected chi connectivity index (χ0v) is 16.3. The van der Waals surface area contributed by atoms with E-state index in [1.54, 1.807) is 6.07 Å². The molecular formula is C21H23ClN4O. The van der Waals surface area contributed by atoms with E-state index >= 15 is 0 Å². The molecular weight excluding hydrogens is 360 g/mol. The molecule has 1 atom stereocenters. The second kappa shape index (κ2) is 7.24. The summed E-state index contributed by atoms with van der Waals surface area (Å²) < 4.78 is 0. The van der Waals surface area contributed by atoms with Gasteiger partial charge in [0.05, 0.1) is 21.7 Å². The first-order valence-electron chi connectivity index (χ1n) is 9.28. The van der Waals surface area contributed by atoms with Gasteiger partial charge in [-0.15, -0.1) is 0 Å². The quantitative estimate of drug-likeness (QED) is 0.636. The number of benzene rings is 2. The molecule has 0 radical (unpaired) electrons. The van der Waals surface area contributed by atoms with Crippen molar-refractivity contribution in [2.45, 2.75) is 32.6 Å². The Hall–Kier alpha value is -2.53. The zero-order valence-electron chi connectivity index (χ0n) is 15.6. The molecule has 0 aliphatic carbocycles. The Morgan fingerprint density at radius 2 is 2.04 bits per heavy atom. The van der Waals surface area contributed by atoms with Crippen LogP contribution < -0.4 is 5.32 Å². The number of aromatic amines is 1. The Labute approximate surface area is 163 Å². The fourth-order valence-electron chi connectivity index (χ4n) is 3.62. The Morgan fingerprint density at radius 3 is 2.85 bits per heavy atom. The third-order valence-corrected chi connectivity index (χ3v) is 5.66. The first kappa shape index (κ1) is 17.9. The van der Waals surface area contributed by atoms with Crippen LogP contribution in [0.2, 0.25) is 5.02 Å². The van der Waals surface area contributed by atoms with Gasteiger partial charge in [0.15, 0.2) is 0 Å². The van der Waals surface area contributed by atoms with Crippen LogP contribution in [0.15, 0.2) is 36.4 Å². The minimum absolute atomic E-state index is 0.115. The summed E-state index contributed by atoms with van der Waals surface area (Å²) in [4.78, 5) is 22.8. The summed E-state index contributed by atoms with van der Waals surface area (Å²) in [7, 11) is 0. The van der Waals surface area contributed by atoms with E-state index < -0.39 is 0 Å². The fraction of sp³-hybridized carbons (Fsp3) is 0.333. The van der Waals surface area contributed by atoms with Gasteiger partial charge in [-0.25, -0.2) is 9.78 Å². The Kier molecular flexibility index (Phi) is 4.79. The molecule has 3 aromatic rings. The number of halogens is 1. The molecule has 4 rings (SSSR count). The topological polar surface area (TPSA) is 61.0 Å². The van der Waals surface area contributed by atoms with Gasteiger partial charge in [0.1, 0.15) is 5.82 Å². The number of urea groups is 1. The summed E-state index contributed by atoms with van der Waals surface area (Å²) in [6.45, 7) is 5.60. The SMILES string of the molecule is Cc1cc2nc([C@H]3CCCN(C(=O)Nc4ccccc4Cl)C3)[nH]c2cc1C. The number of hydrogen-bond donors (Lipinski definition) is 2. The number of aryl methyl sites for hydroxylation is 2. The molecule has 2 amide bonds. The number of hydrogen-bond acceptors (Lipinski definition) is 2. The molecule has 1 fully saturated rings. The number of nitrogens with zero attached hydrogens (tertiary/aromatic N) is 2. The summed E-state index contributed by atoms with van der Waals surface area (Å²) >= 11 is 6.15. The maximum Gasteiger partial charge on any atom is 0.321 e. The van der Waals surface area contributed by atoms with Crippen molar-refractivity contribution < 1.29 is 4.79 Å². The van der Waals surface area contributed by atoms with Crippen molar-refractivity contribution in [3.05, 3.63) is 58.4 Å². The smallest absolute Gasteiger partial charge is 0.321 e. The molecule has 1 aliphatic heterocycles. The molecule has 140 valence electrons. The van der Waals surface area contributed by atoms with Gasteiger partial charge in [-0.05, 0) is 62.1 Å². The molecule has 1 aromatic heterocycles. The zero-order chi connectivity index (χ0) is 19.0. The molecule has 1 saturated heterocycles. The predicted molar refractivity (Wildman–Crippen MR) is 110 cm³/mol. The monoisotopic (exact) mass is 382 g/mol. The van der Waals surface area contributed by atoms with Crippen molar-refractivity contribution in [3.63, 3.8) is 0 Å². The first-order valence-corrected chi connectivity index (χ1v) is 9.66. The van der Waals surface area contributed by atoms with Gasteiger partial charge in [0, 0.05) is 19.0 Å². The average Bonchev–Trinajstić information content (AvgIpc) is 3.07. The largest absolute Gasteiger partial charge is 0.342 e. The normalized spacial score (nSPS) is 17.3. The highest BCUT2D eigenvalue weighted by atomic mass is 35.5. The number of imidazole rings is 1. The predicted octanol–water partition coefficient (Wildman–Crippen LogP) is 5.24. The highest BCUT2D eigenvalue weighted by Gasteiger charge is 2.27. The van der Waals surface area contributed by atoms with Crippen LogP contribution in [0.1, 0.15) is 35.7 Å². The van der Waals surface area contributed by atoms with Crippen LogP contribution in [0.5, 0.6) is 0 Å². The van der Waals surface area contributed by atoms with Gasteiger partial charge in [0.2, 0.25) is 0 Å². The summed E-state index contributed by atoms with van der Waals surface area (Å²) in [5.74, 6) is 1.18.